The Morgan fingerprint density at radius 1 is 0.865 bits per heavy atom. The summed E-state index contributed by atoms with van der Waals surface area (Å²) in [5.74, 6) is -1.33. The third kappa shape index (κ3) is 5.37. The highest BCUT2D eigenvalue weighted by molar-refractivity contribution is 6.02. The van der Waals surface area contributed by atoms with Gasteiger partial charge in [0.25, 0.3) is 0 Å². The SMILES string of the molecule is O=C(Nc1cncc(-c2nc(NCc3ccccn3)c3c(-c4ccccc4)cccc3n2)c1)C(F)(F)F. The van der Waals surface area contributed by atoms with Gasteiger partial charge in [-0.25, -0.2) is 9.97 Å². The van der Waals surface area contributed by atoms with Gasteiger partial charge in [0.2, 0.25) is 0 Å². The monoisotopic (exact) mass is 500 g/mol. The number of fused-ring (bicyclic) bond motifs is 1. The molecule has 0 saturated heterocycles. The fourth-order valence-electron chi connectivity index (χ4n) is 3.81. The third-order valence-corrected chi connectivity index (χ3v) is 5.48. The zero-order chi connectivity index (χ0) is 25.8. The Bertz CT molecular complexity index is 1560. The van der Waals surface area contributed by atoms with Gasteiger partial charge in [0.1, 0.15) is 5.82 Å². The molecule has 0 bridgehead atoms. The minimum atomic E-state index is -5.02. The molecule has 0 unspecified atom stereocenters. The molecule has 0 spiro atoms. The molecule has 2 aromatic carbocycles. The van der Waals surface area contributed by atoms with Crippen LogP contribution < -0.4 is 10.6 Å². The highest BCUT2D eigenvalue weighted by atomic mass is 19.4. The number of hydrogen-bond donors (Lipinski definition) is 2. The van der Waals surface area contributed by atoms with E-state index in [0.29, 0.717) is 23.4 Å². The maximum absolute atomic E-state index is 12.7. The average molecular weight is 500 g/mol. The first-order chi connectivity index (χ1) is 17.9. The van der Waals surface area contributed by atoms with E-state index in [1.165, 1.54) is 12.3 Å². The molecule has 10 heteroatoms. The van der Waals surface area contributed by atoms with E-state index >= 15 is 0 Å². The molecule has 0 saturated carbocycles. The van der Waals surface area contributed by atoms with Gasteiger partial charge >= 0.3 is 12.1 Å². The van der Waals surface area contributed by atoms with Crippen LogP contribution in [0.4, 0.5) is 24.7 Å². The van der Waals surface area contributed by atoms with Crippen LogP contribution in [0.1, 0.15) is 5.69 Å². The lowest BCUT2D eigenvalue weighted by molar-refractivity contribution is -0.167. The quantitative estimate of drug-likeness (QED) is 0.303. The number of hydrogen-bond acceptors (Lipinski definition) is 6. The standard InChI is InChI=1S/C27H19F3N6O/c28-27(29,30)26(37)34-20-13-18(14-31-15-20)24-35-22-11-6-10-21(17-7-2-1-3-8-17)23(22)25(36-24)33-16-19-9-4-5-12-32-19/h1-15H,16H2,(H,34,37)(H,33,35,36). The molecular formula is C27H19F3N6O. The van der Waals surface area contributed by atoms with Crippen LogP contribution in [-0.4, -0.2) is 32.0 Å². The largest absolute Gasteiger partial charge is 0.471 e. The number of nitrogens with one attached hydrogen (secondary N) is 2. The van der Waals surface area contributed by atoms with Crippen LogP contribution >= 0.6 is 0 Å². The van der Waals surface area contributed by atoms with Crippen LogP contribution in [-0.2, 0) is 11.3 Å². The van der Waals surface area contributed by atoms with Crippen molar-refractivity contribution in [3.8, 4) is 22.5 Å². The molecule has 184 valence electrons. The molecule has 1 amide bonds. The lowest BCUT2D eigenvalue weighted by atomic mass is 10.0. The van der Waals surface area contributed by atoms with E-state index in [9.17, 15) is 18.0 Å². The fourth-order valence-corrected chi connectivity index (χ4v) is 3.81. The average Bonchev–Trinajstić information content (AvgIpc) is 2.92. The van der Waals surface area contributed by atoms with Gasteiger partial charge in [-0.1, -0.05) is 48.5 Å². The number of nitrogens with zero attached hydrogens (tertiary/aromatic N) is 4. The Kier molecular flexibility index (Phi) is 6.46. The summed E-state index contributed by atoms with van der Waals surface area (Å²) >= 11 is 0. The van der Waals surface area contributed by atoms with E-state index in [-0.39, 0.29) is 11.5 Å². The summed E-state index contributed by atoms with van der Waals surface area (Å²) in [5.41, 5.74) is 3.53. The molecule has 0 aliphatic heterocycles. The molecule has 2 N–H and O–H groups in total. The van der Waals surface area contributed by atoms with E-state index in [4.69, 9.17) is 4.98 Å². The van der Waals surface area contributed by atoms with Gasteiger partial charge in [-0.3, -0.25) is 14.8 Å². The Morgan fingerprint density at radius 3 is 2.43 bits per heavy atom. The lowest BCUT2D eigenvalue weighted by Crippen LogP contribution is -2.29. The summed E-state index contributed by atoms with van der Waals surface area (Å²) in [6, 6.07) is 22.4. The summed E-state index contributed by atoms with van der Waals surface area (Å²) in [6.45, 7) is 0.384. The Morgan fingerprint density at radius 2 is 1.68 bits per heavy atom. The minimum Gasteiger partial charge on any atom is -0.364 e. The van der Waals surface area contributed by atoms with Crippen LogP contribution in [0.15, 0.2) is 91.4 Å². The van der Waals surface area contributed by atoms with Crippen LogP contribution in [0.5, 0.6) is 0 Å². The summed E-state index contributed by atoms with van der Waals surface area (Å²) in [5, 5.41) is 5.93. The van der Waals surface area contributed by atoms with E-state index in [2.05, 4.69) is 20.3 Å². The molecule has 0 fully saturated rings. The van der Waals surface area contributed by atoms with Crippen LogP contribution in [0, 0.1) is 0 Å². The summed E-state index contributed by atoms with van der Waals surface area (Å²) in [6.07, 6.45) is -0.774. The number of aromatic nitrogens is 4. The zero-order valence-electron chi connectivity index (χ0n) is 19.2. The maximum Gasteiger partial charge on any atom is 0.471 e. The van der Waals surface area contributed by atoms with Gasteiger partial charge in [-0.05, 0) is 35.4 Å². The van der Waals surface area contributed by atoms with Crippen molar-refractivity contribution in [2.75, 3.05) is 10.6 Å². The fraction of sp³-hybridized carbons (Fsp3) is 0.0741. The van der Waals surface area contributed by atoms with E-state index in [0.717, 1.165) is 28.4 Å². The molecule has 3 aromatic heterocycles. The number of carbonyl (C=O) groups excluding carboxylic acids is 1. The van der Waals surface area contributed by atoms with Crippen LogP contribution in [0.2, 0.25) is 0 Å². The first kappa shape index (κ1) is 23.9. The summed E-state index contributed by atoms with van der Waals surface area (Å²) in [7, 11) is 0. The van der Waals surface area contributed by atoms with Gasteiger partial charge in [-0.2, -0.15) is 13.2 Å². The van der Waals surface area contributed by atoms with Crippen molar-refractivity contribution in [1.29, 1.82) is 0 Å². The predicted molar refractivity (Wildman–Crippen MR) is 134 cm³/mol. The molecule has 7 nitrogen and oxygen atoms in total. The number of amides is 1. The van der Waals surface area contributed by atoms with Crippen molar-refractivity contribution >= 4 is 28.3 Å². The number of rotatable bonds is 6. The second-order valence-corrected chi connectivity index (χ2v) is 8.05. The molecule has 0 atom stereocenters. The normalized spacial score (nSPS) is 11.3. The number of carbonyl (C=O) groups is 1. The van der Waals surface area contributed by atoms with Crippen molar-refractivity contribution in [2.24, 2.45) is 0 Å². The molecule has 3 heterocycles. The molecule has 0 aliphatic rings. The van der Waals surface area contributed by atoms with Crippen molar-refractivity contribution in [3.63, 3.8) is 0 Å². The first-order valence-electron chi connectivity index (χ1n) is 11.2. The van der Waals surface area contributed by atoms with Crippen molar-refractivity contribution in [1.82, 2.24) is 19.9 Å². The van der Waals surface area contributed by atoms with E-state index in [1.54, 1.807) is 6.20 Å². The number of alkyl halides is 3. The zero-order valence-corrected chi connectivity index (χ0v) is 19.2. The second-order valence-electron chi connectivity index (χ2n) is 8.05. The number of benzene rings is 2. The van der Waals surface area contributed by atoms with Gasteiger partial charge in [0.05, 0.1) is 35.0 Å². The highest BCUT2D eigenvalue weighted by Gasteiger charge is 2.38. The topological polar surface area (TPSA) is 92.7 Å². The molecule has 0 aliphatic carbocycles. The molecule has 0 radical (unpaired) electrons. The smallest absolute Gasteiger partial charge is 0.364 e. The molecular weight excluding hydrogens is 481 g/mol. The van der Waals surface area contributed by atoms with Gasteiger partial charge < -0.3 is 10.6 Å². The minimum absolute atomic E-state index is 0.121. The van der Waals surface area contributed by atoms with Crippen LogP contribution in [0.25, 0.3) is 33.4 Å². The van der Waals surface area contributed by atoms with Gasteiger partial charge in [-0.15, -0.1) is 0 Å². The third-order valence-electron chi connectivity index (χ3n) is 5.48. The van der Waals surface area contributed by atoms with Crippen LogP contribution in [0.3, 0.4) is 0 Å². The lowest BCUT2D eigenvalue weighted by Gasteiger charge is -2.15. The molecule has 5 rings (SSSR count). The highest BCUT2D eigenvalue weighted by Crippen LogP contribution is 2.34. The van der Waals surface area contributed by atoms with E-state index < -0.39 is 12.1 Å². The number of halogens is 3. The number of anilines is 2. The predicted octanol–water partition coefficient (Wildman–Crippen LogP) is 5.87. The molecule has 37 heavy (non-hydrogen) atoms. The Balaban J connectivity index is 1.60. The molecule has 5 aromatic rings. The van der Waals surface area contributed by atoms with Gasteiger partial charge in [0, 0.05) is 18.0 Å². The summed E-state index contributed by atoms with van der Waals surface area (Å²) in [4.78, 5) is 29.1. The van der Waals surface area contributed by atoms with Crippen molar-refractivity contribution in [3.05, 3.63) is 97.1 Å². The Hall–Kier alpha value is -4.86. The summed E-state index contributed by atoms with van der Waals surface area (Å²) < 4.78 is 38.2. The second kappa shape index (κ2) is 10.0. The van der Waals surface area contributed by atoms with Crippen molar-refractivity contribution in [2.45, 2.75) is 12.7 Å². The Labute approximate surface area is 209 Å². The van der Waals surface area contributed by atoms with E-state index in [1.807, 2.05) is 72.0 Å². The first-order valence-corrected chi connectivity index (χ1v) is 11.2. The van der Waals surface area contributed by atoms with Gasteiger partial charge in [0.15, 0.2) is 5.82 Å². The van der Waals surface area contributed by atoms with Crippen molar-refractivity contribution < 1.29 is 18.0 Å². The number of pyridine rings is 2. The maximum atomic E-state index is 12.7.